The van der Waals surface area contributed by atoms with Crippen molar-refractivity contribution in [1.29, 1.82) is 0 Å². The number of nitro groups is 1. The molecule has 0 unspecified atom stereocenters. The molecule has 1 aliphatic rings. The Labute approximate surface area is 221 Å². The summed E-state index contributed by atoms with van der Waals surface area (Å²) in [5, 5.41) is 16.7. The number of hydrogen-bond donors (Lipinski definition) is 2. The second-order valence-corrected chi connectivity index (χ2v) is 8.27. The van der Waals surface area contributed by atoms with Crippen molar-refractivity contribution in [1.82, 2.24) is 10.2 Å². The molecule has 2 aromatic carbocycles. The summed E-state index contributed by atoms with van der Waals surface area (Å²) in [5.41, 5.74) is 1.11. The summed E-state index contributed by atoms with van der Waals surface area (Å²) in [6.45, 7) is 1.10. The van der Waals surface area contributed by atoms with Crippen LogP contribution in [0.4, 0.5) is 16.2 Å². The van der Waals surface area contributed by atoms with Gasteiger partial charge in [-0.3, -0.25) is 24.6 Å². The number of benzene rings is 2. The molecule has 3 aromatic rings. The second kappa shape index (κ2) is 11.3. The van der Waals surface area contributed by atoms with Crippen molar-refractivity contribution in [3.05, 3.63) is 93.1 Å². The molecule has 200 valence electrons. The van der Waals surface area contributed by atoms with Crippen LogP contribution in [0.3, 0.4) is 0 Å². The molecule has 1 saturated heterocycles. The summed E-state index contributed by atoms with van der Waals surface area (Å²) in [6.07, 6.45) is 1.27. The molecule has 1 aliphatic heterocycles. The topological polar surface area (TPSA) is 170 Å². The smallest absolute Gasteiger partial charge is 0.373 e. The molecule has 0 atom stereocenters. The zero-order valence-corrected chi connectivity index (χ0v) is 20.8. The Hall–Kier alpha value is -5.46. The van der Waals surface area contributed by atoms with Crippen molar-refractivity contribution >= 4 is 41.3 Å². The zero-order chi connectivity index (χ0) is 28.1. The zero-order valence-electron chi connectivity index (χ0n) is 20.8. The van der Waals surface area contributed by atoms with Crippen LogP contribution in [0, 0.1) is 17.0 Å². The molecule has 13 nitrogen and oxygen atoms in total. The number of nitrogens with one attached hydrogen (secondary N) is 2. The second-order valence-electron chi connectivity index (χ2n) is 8.27. The number of furan rings is 1. The molecule has 39 heavy (non-hydrogen) atoms. The molecule has 0 aliphatic carbocycles. The van der Waals surface area contributed by atoms with E-state index >= 15 is 0 Å². The van der Waals surface area contributed by atoms with E-state index in [1.165, 1.54) is 37.5 Å². The first-order valence-corrected chi connectivity index (χ1v) is 11.4. The van der Waals surface area contributed by atoms with Crippen LogP contribution < -0.4 is 15.4 Å². The molecule has 1 fully saturated rings. The van der Waals surface area contributed by atoms with E-state index in [2.05, 4.69) is 15.4 Å². The van der Waals surface area contributed by atoms with Gasteiger partial charge in [0.2, 0.25) is 5.76 Å². The summed E-state index contributed by atoms with van der Waals surface area (Å²) in [7, 11) is 1.19. The van der Waals surface area contributed by atoms with E-state index in [0.29, 0.717) is 5.69 Å². The van der Waals surface area contributed by atoms with Crippen LogP contribution in [0.1, 0.15) is 27.4 Å². The third-order valence-corrected chi connectivity index (χ3v) is 5.59. The number of nitro benzene ring substituents is 1. The van der Waals surface area contributed by atoms with Crippen LogP contribution in [-0.2, 0) is 20.9 Å². The van der Waals surface area contributed by atoms with E-state index < -0.39 is 41.0 Å². The van der Waals surface area contributed by atoms with Crippen molar-refractivity contribution in [2.24, 2.45) is 0 Å². The van der Waals surface area contributed by atoms with Gasteiger partial charge >= 0.3 is 17.7 Å². The number of para-hydroxylation sites is 1. The number of esters is 1. The molecule has 13 heteroatoms. The van der Waals surface area contributed by atoms with Gasteiger partial charge < -0.3 is 24.5 Å². The van der Waals surface area contributed by atoms with Crippen molar-refractivity contribution in [2.75, 3.05) is 19.0 Å². The van der Waals surface area contributed by atoms with Crippen LogP contribution in [-0.4, -0.2) is 47.4 Å². The highest BCUT2D eigenvalue weighted by atomic mass is 16.6. The van der Waals surface area contributed by atoms with Gasteiger partial charge in [-0.15, -0.1) is 0 Å². The number of carbonyl (C=O) groups is 4. The fourth-order valence-electron chi connectivity index (χ4n) is 3.64. The van der Waals surface area contributed by atoms with Gasteiger partial charge in [0.1, 0.15) is 11.5 Å². The Morgan fingerprint density at radius 3 is 2.64 bits per heavy atom. The van der Waals surface area contributed by atoms with Gasteiger partial charge in [0.05, 0.1) is 18.6 Å². The Morgan fingerprint density at radius 1 is 1.15 bits per heavy atom. The molecular weight excluding hydrogens is 512 g/mol. The highest BCUT2D eigenvalue weighted by Gasteiger charge is 2.34. The Bertz CT molecular complexity index is 1510. The molecule has 4 amide bonds. The van der Waals surface area contributed by atoms with Crippen LogP contribution in [0.5, 0.6) is 5.75 Å². The minimum atomic E-state index is -0.739. The Morgan fingerprint density at radius 2 is 1.92 bits per heavy atom. The number of ether oxygens (including phenoxy) is 2. The minimum absolute atomic E-state index is 0.0856. The monoisotopic (exact) mass is 534 g/mol. The number of anilines is 1. The van der Waals surface area contributed by atoms with Crippen molar-refractivity contribution < 1.29 is 38.0 Å². The molecule has 0 spiro atoms. The third kappa shape index (κ3) is 6.10. The lowest BCUT2D eigenvalue weighted by atomic mass is 10.1. The predicted molar refractivity (Wildman–Crippen MR) is 136 cm³/mol. The number of amides is 4. The van der Waals surface area contributed by atoms with Crippen LogP contribution in [0.25, 0.3) is 6.08 Å². The molecule has 0 radical (unpaired) electrons. The number of carbonyl (C=O) groups excluding carboxylic acids is 4. The number of nitrogens with zero attached hydrogens (tertiary/aromatic N) is 2. The largest absolute Gasteiger partial charge is 0.477 e. The first-order chi connectivity index (χ1) is 18.7. The van der Waals surface area contributed by atoms with Crippen LogP contribution in [0.2, 0.25) is 0 Å². The maximum atomic E-state index is 12.8. The van der Waals surface area contributed by atoms with Gasteiger partial charge in [-0.05, 0) is 48.4 Å². The summed E-state index contributed by atoms with van der Waals surface area (Å²) < 4.78 is 15.2. The molecular formula is C26H22N4O9. The lowest BCUT2D eigenvalue weighted by molar-refractivity contribution is -0.385. The molecule has 2 N–H and O–H groups in total. The SMILES string of the molecule is COC(=O)c1ccc(CN2C(=O)N/C(=C\c3ccc(OCC(=O)Nc4ccccc4C)c([N+](=O)[O-])c3)C2=O)o1. The van der Waals surface area contributed by atoms with Gasteiger partial charge in [-0.1, -0.05) is 24.3 Å². The van der Waals surface area contributed by atoms with Crippen LogP contribution in [0.15, 0.2) is 64.7 Å². The average Bonchev–Trinajstić information content (AvgIpc) is 3.49. The fraction of sp³-hybridized carbons (Fsp3) is 0.154. The third-order valence-electron chi connectivity index (χ3n) is 5.59. The first kappa shape index (κ1) is 26.6. The average molecular weight is 534 g/mol. The van der Waals surface area contributed by atoms with Gasteiger partial charge in [0.25, 0.3) is 11.8 Å². The van der Waals surface area contributed by atoms with E-state index in [4.69, 9.17) is 9.15 Å². The number of urea groups is 1. The van der Waals surface area contributed by atoms with E-state index in [1.54, 1.807) is 12.1 Å². The van der Waals surface area contributed by atoms with Gasteiger partial charge in [-0.25, -0.2) is 9.59 Å². The number of aryl methyl sites for hydroxylation is 1. The lowest BCUT2D eigenvalue weighted by Gasteiger charge is -2.10. The lowest BCUT2D eigenvalue weighted by Crippen LogP contribution is -2.30. The number of rotatable bonds is 9. The van der Waals surface area contributed by atoms with E-state index in [-0.39, 0.29) is 35.1 Å². The van der Waals surface area contributed by atoms with Gasteiger partial charge in [0.15, 0.2) is 12.4 Å². The minimum Gasteiger partial charge on any atom is -0.477 e. The number of hydrogen-bond acceptors (Lipinski definition) is 9. The standard InChI is InChI=1S/C26H22N4O9/c1-15-5-3-4-6-18(15)27-23(31)14-38-21-9-7-16(12-20(21)30(35)36)11-19-24(32)29(26(34)28-19)13-17-8-10-22(39-17)25(33)37-2/h3-12H,13-14H2,1-2H3,(H,27,31)(H,28,34)/b19-11-. The first-order valence-electron chi connectivity index (χ1n) is 11.4. The highest BCUT2D eigenvalue weighted by Crippen LogP contribution is 2.29. The van der Waals surface area contributed by atoms with Crippen LogP contribution >= 0.6 is 0 Å². The van der Waals surface area contributed by atoms with E-state index in [1.807, 2.05) is 19.1 Å². The summed E-state index contributed by atoms with van der Waals surface area (Å²) >= 11 is 0. The highest BCUT2D eigenvalue weighted by molar-refractivity contribution is 6.13. The maximum absolute atomic E-state index is 12.8. The van der Waals surface area contributed by atoms with E-state index in [0.717, 1.165) is 16.5 Å². The molecule has 0 saturated carbocycles. The summed E-state index contributed by atoms with van der Waals surface area (Å²) in [5.74, 6) is -1.97. The predicted octanol–water partition coefficient (Wildman–Crippen LogP) is 3.39. The van der Waals surface area contributed by atoms with Gasteiger partial charge in [-0.2, -0.15) is 0 Å². The quantitative estimate of drug-likeness (QED) is 0.137. The molecule has 2 heterocycles. The van der Waals surface area contributed by atoms with Crippen molar-refractivity contribution in [3.63, 3.8) is 0 Å². The van der Waals surface area contributed by atoms with Crippen molar-refractivity contribution in [2.45, 2.75) is 13.5 Å². The van der Waals surface area contributed by atoms with Gasteiger partial charge in [0, 0.05) is 11.8 Å². The Balaban J connectivity index is 1.45. The Kier molecular flexibility index (Phi) is 7.70. The van der Waals surface area contributed by atoms with Crippen molar-refractivity contribution in [3.8, 4) is 5.75 Å². The number of imide groups is 1. The summed E-state index contributed by atoms with van der Waals surface area (Å²) in [6, 6.07) is 13.0. The summed E-state index contributed by atoms with van der Waals surface area (Å²) in [4.78, 5) is 60.8. The molecule has 4 rings (SSSR count). The van der Waals surface area contributed by atoms with E-state index in [9.17, 15) is 29.3 Å². The fourth-order valence-corrected chi connectivity index (χ4v) is 3.64. The molecule has 0 bridgehead atoms. The number of methoxy groups -OCH3 is 1. The maximum Gasteiger partial charge on any atom is 0.373 e. The molecule has 1 aromatic heterocycles. The normalized spacial score (nSPS) is 13.8.